The lowest BCUT2D eigenvalue weighted by Gasteiger charge is -2.30. The van der Waals surface area contributed by atoms with Gasteiger partial charge < -0.3 is 9.47 Å². The van der Waals surface area contributed by atoms with Crippen molar-refractivity contribution in [1.29, 1.82) is 0 Å². The van der Waals surface area contributed by atoms with Gasteiger partial charge in [-0.2, -0.15) is 0 Å². The van der Waals surface area contributed by atoms with Crippen LogP contribution in [0.25, 0.3) is 6.08 Å². The Morgan fingerprint density at radius 1 is 1.09 bits per heavy atom. The predicted molar refractivity (Wildman–Crippen MR) is 132 cm³/mol. The number of hydrogen-bond acceptors (Lipinski definition) is 5. The summed E-state index contributed by atoms with van der Waals surface area (Å²) in [7, 11) is 1.63. The molecule has 5 nitrogen and oxygen atoms in total. The number of rotatable bonds is 6. The second-order valence-electron chi connectivity index (χ2n) is 8.15. The highest BCUT2D eigenvalue weighted by molar-refractivity contribution is 8.18. The first-order chi connectivity index (χ1) is 15.6. The van der Waals surface area contributed by atoms with Gasteiger partial charge >= 0.3 is 0 Å². The molecule has 6 heteroatoms. The lowest BCUT2D eigenvalue weighted by Crippen LogP contribution is -2.40. The lowest BCUT2D eigenvalue weighted by atomic mass is 9.94. The van der Waals surface area contributed by atoms with E-state index in [0.29, 0.717) is 23.0 Å². The van der Waals surface area contributed by atoms with Crippen LogP contribution in [0.3, 0.4) is 0 Å². The van der Waals surface area contributed by atoms with Crippen molar-refractivity contribution in [3.05, 3.63) is 58.5 Å². The van der Waals surface area contributed by atoms with Gasteiger partial charge in [0.25, 0.3) is 5.91 Å². The molecule has 1 aliphatic carbocycles. The predicted octanol–water partition coefficient (Wildman–Crippen LogP) is 6.34. The number of carbonyl (C=O) groups excluding carboxylic acids is 1. The Hall–Kier alpha value is -2.73. The first kappa shape index (κ1) is 22.5. The molecule has 2 aromatic rings. The van der Waals surface area contributed by atoms with Crippen LogP contribution in [0.4, 0.5) is 5.69 Å². The molecule has 0 atom stereocenters. The van der Waals surface area contributed by atoms with Crippen LogP contribution < -0.4 is 9.47 Å². The molecule has 1 amide bonds. The molecule has 0 spiro atoms. The molecule has 1 saturated carbocycles. The van der Waals surface area contributed by atoms with E-state index in [2.05, 4.69) is 19.1 Å². The van der Waals surface area contributed by atoms with Crippen LogP contribution in [0.5, 0.6) is 11.5 Å². The van der Waals surface area contributed by atoms with Gasteiger partial charge in [0.05, 0.1) is 24.3 Å². The zero-order valence-corrected chi connectivity index (χ0v) is 19.8. The minimum atomic E-state index is 0.0431. The molecule has 1 saturated heterocycles. The Morgan fingerprint density at radius 3 is 2.53 bits per heavy atom. The van der Waals surface area contributed by atoms with Crippen LogP contribution in [-0.2, 0) is 4.79 Å². The van der Waals surface area contributed by atoms with E-state index >= 15 is 0 Å². The van der Waals surface area contributed by atoms with Gasteiger partial charge in [-0.1, -0.05) is 43.0 Å². The molecule has 2 fully saturated rings. The third-order valence-corrected chi connectivity index (χ3v) is 6.80. The van der Waals surface area contributed by atoms with E-state index in [9.17, 15) is 4.79 Å². The fraction of sp³-hybridized carbons (Fsp3) is 0.385. The summed E-state index contributed by atoms with van der Waals surface area (Å²) < 4.78 is 11.1. The van der Waals surface area contributed by atoms with Gasteiger partial charge in [-0.25, -0.2) is 4.99 Å². The van der Waals surface area contributed by atoms with Crippen molar-refractivity contribution < 1.29 is 14.3 Å². The number of amides is 1. The minimum Gasteiger partial charge on any atom is -0.493 e. The monoisotopic (exact) mass is 450 g/mol. The normalized spacial score (nSPS) is 19.7. The molecule has 168 valence electrons. The van der Waals surface area contributed by atoms with Crippen molar-refractivity contribution in [3.8, 4) is 11.5 Å². The summed E-state index contributed by atoms with van der Waals surface area (Å²) in [6.45, 7) is 4.55. The van der Waals surface area contributed by atoms with Crippen molar-refractivity contribution >= 4 is 34.6 Å². The summed E-state index contributed by atoms with van der Waals surface area (Å²) in [6.07, 6.45) is 7.55. The van der Waals surface area contributed by atoms with E-state index in [4.69, 9.17) is 14.5 Å². The number of ether oxygens (including phenoxy) is 2. The Balaban J connectivity index is 1.68. The number of hydrogen-bond donors (Lipinski definition) is 0. The van der Waals surface area contributed by atoms with Gasteiger partial charge in [0.2, 0.25) is 0 Å². The Labute approximate surface area is 194 Å². The van der Waals surface area contributed by atoms with Crippen LogP contribution in [0.15, 0.2) is 52.4 Å². The molecule has 0 N–H and O–H groups in total. The molecule has 1 aliphatic heterocycles. The summed E-state index contributed by atoms with van der Waals surface area (Å²) in [5, 5.41) is 0.774. The van der Waals surface area contributed by atoms with Crippen molar-refractivity contribution in [2.24, 2.45) is 4.99 Å². The topological polar surface area (TPSA) is 51.1 Å². The van der Waals surface area contributed by atoms with Crippen LogP contribution in [0.1, 0.15) is 50.2 Å². The molecular weight excluding hydrogens is 420 g/mol. The first-order valence-electron chi connectivity index (χ1n) is 11.3. The van der Waals surface area contributed by atoms with E-state index in [1.54, 1.807) is 7.11 Å². The number of carbonyl (C=O) groups is 1. The standard InChI is InChI=1S/C26H30N2O3S/c1-4-31-23-16-19(12-15-22(23)30-3)17-24-25(29)28(21-8-6-5-7-9-21)26(32-24)27-20-13-10-18(2)11-14-20/h10-17,21H,4-9H2,1-3H3/b24-17+,27-26?. The van der Waals surface area contributed by atoms with Crippen LogP contribution in [0.2, 0.25) is 0 Å². The maximum atomic E-state index is 13.5. The van der Waals surface area contributed by atoms with E-state index < -0.39 is 0 Å². The van der Waals surface area contributed by atoms with Gasteiger partial charge in [-0.15, -0.1) is 0 Å². The molecule has 2 aromatic carbocycles. The lowest BCUT2D eigenvalue weighted by molar-refractivity contribution is -0.124. The Kier molecular flexibility index (Phi) is 7.20. The Bertz CT molecular complexity index is 1020. The molecule has 0 radical (unpaired) electrons. The number of benzene rings is 2. The van der Waals surface area contributed by atoms with E-state index in [1.807, 2.05) is 48.2 Å². The summed E-state index contributed by atoms with van der Waals surface area (Å²) >= 11 is 1.46. The van der Waals surface area contributed by atoms with Crippen molar-refractivity contribution in [3.63, 3.8) is 0 Å². The van der Waals surface area contributed by atoms with Gasteiger partial charge in [-0.05, 0) is 74.4 Å². The van der Waals surface area contributed by atoms with Gasteiger partial charge in [-0.3, -0.25) is 9.69 Å². The van der Waals surface area contributed by atoms with Gasteiger partial charge in [0.15, 0.2) is 16.7 Å². The SMILES string of the molecule is CCOc1cc(/C=C2/SC(=Nc3ccc(C)cc3)N(C3CCCCC3)C2=O)ccc1OC. The quantitative estimate of drug-likeness (QED) is 0.482. The molecule has 2 aliphatic rings. The molecule has 4 rings (SSSR count). The van der Waals surface area contributed by atoms with Crippen molar-refractivity contribution in [1.82, 2.24) is 4.90 Å². The highest BCUT2D eigenvalue weighted by Gasteiger charge is 2.38. The maximum absolute atomic E-state index is 13.5. The molecule has 0 aromatic heterocycles. The molecule has 0 bridgehead atoms. The second kappa shape index (κ2) is 10.3. The number of amidine groups is 1. The highest BCUT2D eigenvalue weighted by Crippen LogP contribution is 2.39. The average molecular weight is 451 g/mol. The summed E-state index contributed by atoms with van der Waals surface area (Å²) in [5.74, 6) is 1.41. The minimum absolute atomic E-state index is 0.0431. The van der Waals surface area contributed by atoms with Crippen molar-refractivity contribution in [2.45, 2.75) is 52.0 Å². The summed E-state index contributed by atoms with van der Waals surface area (Å²) in [6, 6.07) is 14.1. The average Bonchev–Trinajstić information content (AvgIpc) is 3.11. The zero-order chi connectivity index (χ0) is 22.5. The molecular formula is C26H30N2O3S. The van der Waals surface area contributed by atoms with Crippen LogP contribution >= 0.6 is 11.8 Å². The van der Waals surface area contributed by atoms with Crippen molar-refractivity contribution in [2.75, 3.05) is 13.7 Å². The smallest absolute Gasteiger partial charge is 0.267 e. The maximum Gasteiger partial charge on any atom is 0.267 e. The van der Waals surface area contributed by atoms with E-state index in [-0.39, 0.29) is 11.9 Å². The number of thioether (sulfide) groups is 1. The summed E-state index contributed by atoms with van der Waals surface area (Å²) in [5.41, 5.74) is 2.97. The van der Waals surface area contributed by atoms with Gasteiger partial charge in [0.1, 0.15) is 0 Å². The van der Waals surface area contributed by atoms with Gasteiger partial charge in [0, 0.05) is 6.04 Å². The molecule has 0 unspecified atom stereocenters. The number of methoxy groups -OCH3 is 1. The first-order valence-corrected chi connectivity index (χ1v) is 12.1. The number of aryl methyl sites for hydroxylation is 1. The third kappa shape index (κ3) is 5.01. The number of aliphatic imine (C=N–C) groups is 1. The van der Waals surface area contributed by atoms with Crippen LogP contribution in [-0.4, -0.2) is 35.7 Å². The highest BCUT2D eigenvalue weighted by atomic mass is 32.2. The largest absolute Gasteiger partial charge is 0.493 e. The van der Waals surface area contributed by atoms with E-state index in [0.717, 1.165) is 42.1 Å². The fourth-order valence-electron chi connectivity index (χ4n) is 4.16. The third-order valence-electron chi connectivity index (χ3n) is 5.82. The number of nitrogens with zero attached hydrogens (tertiary/aromatic N) is 2. The molecule has 32 heavy (non-hydrogen) atoms. The Morgan fingerprint density at radius 2 is 1.84 bits per heavy atom. The second-order valence-corrected chi connectivity index (χ2v) is 9.16. The fourth-order valence-corrected chi connectivity index (χ4v) is 5.22. The van der Waals surface area contributed by atoms with Crippen LogP contribution in [0, 0.1) is 6.92 Å². The zero-order valence-electron chi connectivity index (χ0n) is 19.0. The van der Waals surface area contributed by atoms with E-state index in [1.165, 1.54) is 23.7 Å². The molecule has 1 heterocycles. The summed E-state index contributed by atoms with van der Waals surface area (Å²) in [4.78, 5) is 21.0.